The number of nitrogens with zero attached hydrogens (tertiary/aromatic N) is 2. The molecule has 4 heteroatoms. The monoisotopic (exact) mass is 888 g/mol. The van der Waals surface area contributed by atoms with Crippen molar-refractivity contribution in [1.29, 1.82) is 0 Å². The van der Waals surface area contributed by atoms with Crippen LogP contribution in [0.5, 0.6) is 0 Å². The molecule has 0 radical (unpaired) electrons. The summed E-state index contributed by atoms with van der Waals surface area (Å²) >= 11 is 3.89. The highest BCUT2D eigenvalue weighted by molar-refractivity contribution is 8.00. The van der Waals surface area contributed by atoms with Gasteiger partial charge in [-0.05, 0) is 155 Å². The van der Waals surface area contributed by atoms with Crippen molar-refractivity contribution in [2.45, 2.75) is 82.8 Å². The largest absolute Gasteiger partial charge is 0.336 e. The van der Waals surface area contributed by atoms with Crippen molar-refractivity contribution >= 4 is 63.5 Å². The van der Waals surface area contributed by atoms with Crippen molar-refractivity contribution < 1.29 is 0 Å². The summed E-state index contributed by atoms with van der Waals surface area (Å²) in [7, 11) is 0. The van der Waals surface area contributed by atoms with E-state index in [1.165, 1.54) is 89.4 Å². The Kier molecular flexibility index (Phi) is 8.79. The summed E-state index contributed by atoms with van der Waals surface area (Å²) < 4.78 is 0. The Morgan fingerprint density at radius 3 is 2.15 bits per heavy atom. The quantitative estimate of drug-likeness (QED) is 0.174. The summed E-state index contributed by atoms with van der Waals surface area (Å²) in [6, 6.07) is 41.8. The molecule has 0 amide bonds. The number of thioether (sulfide) groups is 1. The fourth-order valence-corrected chi connectivity index (χ4v) is 15.6. The van der Waals surface area contributed by atoms with Gasteiger partial charge in [0.2, 0.25) is 0 Å². The van der Waals surface area contributed by atoms with E-state index < -0.39 is 0 Å². The maximum atomic E-state index is 2.71. The number of anilines is 4. The van der Waals surface area contributed by atoms with E-state index in [9.17, 15) is 0 Å². The number of rotatable bonds is 4. The Hall–Kier alpha value is -5.94. The van der Waals surface area contributed by atoms with Gasteiger partial charge < -0.3 is 9.80 Å². The molecule has 5 aromatic carbocycles. The van der Waals surface area contributed by atoms with E-state index in [2.05, 4.69) is 212 Å². The van der Waals surface area contributed by atoms with Crippen LogP contribution in [0.2, 0.25) is 0 Å². The topological polar surface area (TPSA) is 6.48 Å². The average Bonchev–Trinajstić information content (AvgIpc) is 3.95. The number of para-hydroxylation sites is 3. The number of allylic oxidation sites excluding steroid dienone is 15. The van der Waals surface area contributed by atoms with Crippen LogP contribution in [0.1, 0.15) is 73.8 Å². The lowest BCUT2D eigenvalue weighted by Gasteiger charge is -2.44. The fraction of sp³-hybridized carbons (Fsp3) is 0.226. The van der Waals surface area contributed by atoms with Gasteiger partial charge in [-0.1, -0.05) is 159 Å². The summed E-state index contributed by atoms with van der Waals surface area (Å²) in [6.07, 6.45) is 37.2. The molecule has 5 atom stereocenters. The number of hydrogen-bond donors (Lipinski definition) is 0. The zero-order valence-electron chi connectivity index (χ0n) is 37.5. The van der Waals surface area contributed by atoms with Crippen molar-refractivity contribution in [3.8, 4) is 0 Å². The van der Waals surface area contributed by atoms with E-state index in [-0.39, 0.29) is 10.8 Å². The zero-order valence-corrected chi connectivity index (χ0v) is 39.2. The molecule has 0 N–H and O–H groups in total. The molecule has 66 heavy (non-hydrogen) atoms. The van der Waals surface area contributed by atoms with E-state index in [4.69, 9.17) is 0 Å². The van der Waals surface area contributed by atoms with Crippen LogP contribution in [-0.4, -0.2) is 11.3 Å². The standard InChI is InChI=1S/C62H52N2S2/c1-61(2)49-33-39(25-29-45(49)46-31-27-43(35-50(46)61)63-53-15-5-9-19-57(53)65-58-20-10-6-16-54(58)63)23-24-40-26-30-47-48-32-28-44(64-55-17-7-11-21-59(55)66-60-22-12-8-18-56(60)64)36-52(48)62(51(47)34-40)37-41-13-3-4-14-42(41)38-62/h3-24,26-27,29-31,33-36,39,41-42,55,59H,25,28,32,37-38H2,1-2H3/b24-23+. The molecule has 9 aliphatic rings. The highest BCUT2D eigenvalue weighted by atomic mass is 32.2. The first-order valence-electron chi connectivity index (χ1n) is 24.2. The first kappa shape index (κ1) is 39.2. The van der Waals surface area contributed by atoms with Gasteiger partial charge in [0, 0.05) is 36.9 Å². The van der Waals surface area contributed by atoms with Crippen LogP contribution in [0.3, 0.4) is 0 Å². The van der Waals surface area contributed by atoms with E-state index in [1.807, 2.05) is 23.5 Å². The molecule has 0 bridgehead atoms. The molecule has 0 aromatic heterocycles. The summed E-state index contributed by atoms with van der Waals surface area (Å²) in [6.45, 7) is 4.87. The lowest BCUT2D eigenvalue weighted by atomic mass is 9.73. The van der Waals surface area contributed by atoms with Crippen molar-refractivity contribution in [2.75, 3.05) is 9.80 Å². The number of hydrogen-bond acceptors (Lipinski definition) is 4. The first-order chi connectivity index (χ1) is 32.4. The molecule has 5 aromatic rings. The van der Waals surface area contributed by atoms with Crippen LogP contribution in [0.25, 0.3) is 17.2 Å². The van der Waals surface area contributed by atoms with Gasteiger partial charge in [-0.3, -0.25) is 0 Å². The van der Waals surface area contributed by atoms with E-state index in [0.29, 0.717) is 29.0 Å². The van der Waals surface area contributed by atoms with E-state index >= 15 is 0 Å². The van der Waals surface area contributed by atoms with Crippen LogP contribution in [0.4, 0.5) is 22.7 Å². The van der Waals surface area contributed by atoms with Gasteiger partial charge >= 0.3 is 0 Å². The SMILES string of the molecule is CC1(C)C2=CC(/C=C/c3ccc4c(c3)C3(CC5C=CC=CC5C3)C3=C4CCC(N4c5ccccc5SC5C=CC=CC54)=C3)CC=C2c2ccc(N3c4ccccc4Sc4ccccc43)cc21. The summed E-state index contributed by atoms with van der Waals surface area (Å²) in [5.74, 6) is 1.49. The molecule has 1 saturated carbocycles. The van der Waals surface area contributed by atoms with Gasteiger partial charge in [0.25, 0.3) is 0 Å². The van der Waals surface area contributed by atoms with Gasteiger partial charge in [0.15, 0.2) is 0 Å². The Balaban J connectivity index is 0.785. The summed E-state index contributed by atoms with van der Waals surface area (Å²) in [5, 5.41) is 0.418. The van der Waals surface area contributed by atoms with Crippen molar-refractivity contribution in [2.24, 2.45) is 17.8 Å². The molecule has 1 spiro atoms. The molecule has 2 nitrogen and oxygen atoms in total. The Bertz CT molecular complexity index is 3150. The summed E-state index contributed by atoms with van der Waals surface area (Å²) in [5.41, 5.74) is 19.8. The Morgan fingerprint density at radius 1 is 0.667 bits per heavy atom. The highest BCUT2D eigenvalue weighted by Gasteiger charge is 2.53. The molecule has 5 unspecified atom stereocenters. The Morgan fingerprint density at radius 2 is 1.36 bits per heavy atom. The third kappa shape index (κ3) is 5.83. The lowest BCUT2D eigenvalue weighted by Crippen LogP contribution is -2.44. The van der Waals surface area contributed by atoms with Gasteiger partial charge in [-0.25, -0.2) is 0 Å². The highest BCUT2D eigenvalue weighted by Crippen LogP contribution is 2.63. The normalized spacial score (nSPS) is 27.6. The molecule has 2 aliphatic heterocycles. The minimum Gasteiger partial charge on any atom is -0.336 e. The predicted molar refractivity (Wildman–Crippen MR) is 279 cm³/mol. The second-order valence-electron chi connectivity index (χ2n) is 20.3. The van der Waals surface area contributed by atoms with Gasteiger partial charge in [-0.15, -0.1) is 11.8 Å². The van der Waals surface area contributed by atoms with Crippen molar-refractivity contribution in [3.05, 3.63) is 227 Å². The molecule has 14 rings (SSSR count). The van der Waals surface area contributed by atoms with E-state index in [1.54, 1.807) is 16.7 Å². The second kappa shape index (κ2) is 14.8. The number of benzene rings is 5. The van der Waals surface area contributed by atoms with Crippen LogP contribution < -0.4 is 9.80 Å². The molecule has 1 fully saturated rings. The fourth-order valence-electron chi connectivity index (χ4n) is 13.3. The lowest BCUT2D eigenvalue weighted by molar-refractivity contribution is 0.522. The molecule has 0 saturated heterocycles. The van der Waals surface area contributed by atoms with Crippen molar-refractivity contribution in [1.82, 2.24) is 0 Å². The third-order valence-corrected chi connectivity index (χ3v) is 18.8. The predicted octanol–water partition coefficient (Wildman–Crippen LogP) is 16.3. The third-order valence-electron chi connectivity index (χ3n) is 16.4. The summed E-state index contributed by atoms with van der Waals surface area (Å²) in [4.78, 5) is 9.17. The second-order valence-corrected chi connectivity index (χ2v) is 22.6. The smallest absolute Gasteiger partial charge is 0.0680 e. The minimum absolute atomic E-state index is 0.0143. The molecular formula is C62H52N2S2. The van der Waals surface area contributed by atoms with Gasteiger partial charge in [0.05, 0.1) is 28.4 Å². The minimum atomic E-state index is -0.105. The first-order valence-corrected chi connectivity index (χ1v) is 25.9. The maximum Gasteiger partial charge on any atom is 0.0680 e. The number of fused-ring (bicyclic) bond motifs is 12. The van der Waals surface area contributed by atoms with Crippen LogP contribution in [-0.2, 0) is 10.8 Å². The van der Waals surface area contributed by atoms with E-state index in [0.717, 1.165) is 19.3 Å². The van der Waals surface area contributed by atoms with Crippen LogP contribution >= 0.6 is 23.5 Å². The molecule has 2 heterocycles. The maximum absolute atomic E-state index is 2.71. The average molecular weight is 889 g/mol. The molecule has 7 aliphatic carbocycles. The van der Waals surface area contributed by atoms with Crippen molar-refractivity contribution in [3.63, 3.8) is 0 Å². The molecule has 322 valence electrons. The van der Waals surface area contributed by atoms with Crippen LogP contribution in [0.15, 0.2) is 214 Å². The zero-order chi connectivity index (χ0) is 43.7. The van der Waals surface area contributed by atoms with Gasteiger partial charge in [-0.2, -0.15) is 0 Å². The molecular weight excluding hydrogens is 837 g/mol. The van der Waals surface area contributed by atoms with Crippen LogP contribution in [0, 0.1) is 17.8 Å². The van der Waals surface area contributed by atoms with Gasteiger partial charge in [0.1, 0.15) is 0 Å². The Labute approximate surface area is 398 Å².